The van der Waals surface area contributed by atoms with E-state index in [-0.39, 0.29) is 35.3 Å². The molecule has 0 amide bonds. The van der Waals surface area contributed by atoms with Crippen LogP contribution in [0.3, 0.4) is 0 Å². The maximum atomic E-state index is 10.3. The maximum absolute atomic E-state index is 10.3. The Balaban J connectivity index is 0.000000387. The van der Waals surface area contributed by atoms with E-state index in [9.17, 15) is 25.3 Å². The number of hydrogen-bond acceptors (Lipinski definition) is 5. The van der Waals surface area contributed by atoms with Crippen LogP contribution in [0.25, 0.3) is 0 Å². The van der Waals surface area contributed by atoms with Crippen LogP contribution >= 0.6 is 0 Å². The first-order chi connectivity index (χ1) is 9.02. The monoisotopic (exact) mass is 284 g/mol. The van der Waals surface area contributed by atoms with Gasteiger partial charge in [0.25, 0.3) is 0 Å². The summed E-state index contributed by atoms with van der Waals surface area (Å²) in [6, 6.07) is 13.3. The van der Waals surface area contributed by atoms with E-state index in [0.29, 0.717) is 0 Å². The van der Waals surface area contributed by atoms with E-state index in [0.717, 1.165) is 12.1 Å². The summed E-state index contributed by atoms with van der Waals surface area (Å²) in [5, 5.41) is 30.7. The van der Waals surface area contributed by atoms with Crippen molar-refractivity contribution in [1.82, 2.24) is 0 Å². The first-order valence-corrected chi connectivity index (χ1v) is 5.12. The molecule has 0 heterocycles. The van der Waals surface area contributed by atoms with Crippen LogP contribution < -0.4 is 34.7 Å². The van der Waals surface area contributed by atoms with E-state index in [1.807, 2.05) is 6.07 Å². The minimum Gasteiger partial charge on any atom is -0.872 e. The van der Waals surface area contributed by atoms with Crippen molar-refractivity contribution in [3.8, 4) is 5.75 Å². The fraction of sp³-hybridized carbons (Fsp3) is 0. The standard InChI is InChI=1S/C6H4N2O4.C6H6O.Na/c9-7(10)5-3-1-2-4-6(5)8(11)12;7-6-4-2-1-3-5-6;/h1-4H;1-5,7H;/q;;+1/p-1. The first-order valence-electron chi connectivity index (χ1n) is 5.12. The van der Waals surface area contributed by atoms with E-state index in [1.165, 1.54) is 24.3 Å². The molecule has 8 heteroatoms. The normalized spacial score (nSPS) is 8.60. The molecule has 20 heavy (non-hydrogen) atoms. The summed E-state index contributed by atoms with van der Waals surface area (Å²) in [6.45, 7) is 0. The van der Waals surface area contributed by atoms with Gasteiger partial charge in [-0.15, -0.1) is 5.75 Å². The number of nitrogens with zero attached hydrogens (tertiary/aromatic N) is 2. The summed E-state index contributed by atoms with van der Waals surface area (Å²) >= 11 is 0. The largest absolute Gasteiger partial charge is 1.00 e. The fourth-order valence-corrected chi connectivity index (χ4v) is 1.19. The number of nitro groups is 2. The van der Waals surface area contributed by atoms with Crippen molar-refractivity contribution >= 4 is 11.4 Å². The van der Waals surface area contributed by atoms with Gasteiger partial charge in [-0.05, 0) is 0 Å². The molecule has 0 aliphatic carbocycles. The maximum Gasteiger partial charge on any atom is 1.00 e. The number of rotatable bonds is 2. The number of hydrogen-bond donors (Lipinski definition) is 0. The zero-order valence-corrected chi connectivity index (χ0v) is 12.6. The Morgan fingerprint density at radius 3 is 1.30 bits per heavy atom. The van der Waals surface area contributed by atoms with Crippen LogP contribution in [0, 0.1) is 20.2 Å². The topological polar surface area (TPSA) is 109 Å². The minimum atomic E-state index is -0.780. The third kappa shape index (κ3) is 5.79. The van der Waals surface area contributed by atoms with Gasteiger partial charge in [-0.25, -0.2) is 0 Å². The van der Waals surface area contributed by atoms with Crippen molar-refractivity contribution in [1.29, 1.82) is 0 Å². The van der Waals surface area contributed by atoms with Crippen molar-refractivity contribution in [2.24, 2.45) is 0 Å². The molecule has 0 aliphatic heterocycles. The van der Waals surface area contributed by atoms with Crippen molar-refractivity contribution < 1.29 is 44.5 Å². The minimum absolute atomic E-state index is 0. The second-order valence-electron chi connectivity index (χ2n) is 3.32. The predicted molar refractivity (Wildman–Crippen MR) is 65.6 cm³/mol. The molecule has 0 fully saturated rings. The molecular weight excluding hydrogens is 275 g/mol. The summed E-state index contributed by atoms with van der Waals surface area (Å²) in [6.07, 6.45) is 0. The van der Waals surface area contributed by atoms with E-state index in [4.69, 9.17) is 0 Å². The van der Waals surface area contributed by atoms with E-state index in [2.05, 4.69) is 0 Å². The summed E-state index contributed by atoms with van der Waals surface area (Å²) in [7, 11) is 0. The van der Waals surface area contributed by atoms with Gasteiger partial charge >= 0.3 is 40.9 Å². The SMILES string of the molecule is O=[N+]([O-])c1ccccc1[N+](=O)[O-].[Na+].[O-]c1ccccc1. The van der Waals surface area contributed by atoms with Gasteiger partial charge in [0.15, 0.2) is 0 Å². The van der Waals surface area contributed by atoms with Crippen molar-refractivity contribution in [2.45, 2.75) is 0 Å². The van der Waals surface area contributed by atoms with Crippen LogP contribution in [-0.4, -0.2) is 9.85 Å². The molecular formula is C12H9N2NaO5. The van der Waals surface area contributed by atoms with Gasteiger partial charge in [0.2, 0.25) is 0 Å². The van der Waals surface area contributed by atoms with Gasteiger partial charge in [-0.3, -0.25) is 20.2 Å². The van der Waals surface area contributed by atoms with Crippen molar-refractivity contribution in [3.63, 3.8) is 0 Å². The number of benzene rings is 2. The smallest absolute Gasteiger partial charge is 0.872 e. The summed E-state index contributed by atoms with van der Waals surface area (Å²) in [4.78, 5) is 18.9. The zero-order valence-electron chi connectivity index (χ0n) is 10.6. The third-order valence-corrected chi connectivity index (χ3v) is 2.02. The molecule has 0 spiro atoms. The van der Waals surface area contributed by atoms with E-state index in [1.54, 1.807) is 12.1 Å². The van der Waals surface area contributed by atoms with Crippen LogP contribution in [0.2, 0.25) is 0 Å². The van der Waals surface area contributed by atoms with Crippen molar-refractivity contribution in [3.05, 3.63) is 74.8 Å². The van der Waals surface area contributed by atoms with E-state index >= 15 is 0 Å². The van der Waals surface area contributed by atoms with Crippen LogP contribution in [-0.2, 0) is 0 Å². The molecule has 0 unspecified atom stereocenters. The van der Waals surface area contributed by atoms with Crippen LogP contribution in [0.1, 0.15) is 0 Å². The Kier molecular flexibility index (Phi) is 8.14. The Morgan fingerprint density at radius 1 is 0.700 bits per heavy atom. The van der Waals surface area contributed by atoms with Gasteiger partial charge in [0.1, 0.15) is 0 Å². The van der Waals surface area contributed by atoms with E-state index < -0.39 is 21.2 Å². The van der Waals surface area contributed by atoms with Gasteiger partial charge in [-0.2, -0.15) is 0 Å². The summed E-state index contributed by atoms with van der Waals surface area (Å²) in [5.41, 5.74) is -0.968. The summed E-state index contributed by atoms with van der Waals surface area (Å²) < 4.78 is 0. The van der Waals surface area contributed by atoms with Crippen LogP contribution in [0.4, 0.5) is 11.4 Å². The number of nitro benzene ring substituents is 2. The molecule has 0 aromatic heterocycles. The molecule has 0 saturated carbocycles. The number of para-hydroxylation sites is 3. The molecule has 0 saturated heterocycles. The molecule has 0 atom stereocenters. The molecule has 2 aromatic rings. The molecule has 2 aromatic carbocycles. The Hall–Kier alpha value is -1.96. The second-order valence-corrected chi connectivity index (χ2v) is 3.32. The zero-order chi connectivity index (χ0) is 14.3. The average Bonchev–Trinajstić information content (AvgIpc) is 2.40. The molecule has 0 radical (unpaired) electrons. The predicted octanol–water partition coefficient (Wildman–Crippen LogP) is -0.733. The Bertz CT molecular complexity index is 544. The quantitative estimate of drug-likeness (QED) is 0.410. The van der Waals surface area contributed by atoms with Gasteiger partial charge in [0.05, 0.1) is 9.85 Å². The van der Waals surface area contributed by atoms with Gasteiger partial charge < -0.3 is 5.11 Å². The molecule has 2 rings (SSSR count). The third-order valence-electron chi connectivity index (χ3n) is 2.02. The Labute approximate surface area is 136 Å². The molecule has 0 bridgehead atoms. The van der Waals surface area contributed by atoms with Gasteiger partial charge in [0, 0.05) is 12.1 Å². The molecule has 0 aliphatic rings. The van der Waals surface area contributed by atoms with Crippen LogP contribution in [0.5, 0.6) is 5.75 Å². The van der Waals surface area contributed by atoms with Crippen LogP contribution in [0.15, 0.2) is 54.6 Å². The fourth-order valence-electron chi connectivity index (χ4n) is 1.19. The Morgan fingerprint density at radius 2 is 1.05 bits per heavy atom. The summed E-state index contributed by atoms with van der Waals surface area (Å²) in [5.74, 6) is 0.0718. The molecule has 98 valence electrons. The molecule has 7 nitrogen and oxygen atoms in total. The van der Waals surface area contributed by atoms with Crippen molar-refractivity contribution in [2.75, 3.05) is 0 Å². The molecule has 0 N–H and O–H groups in total. The second kappa shape index (κ2) is 9.03. The average molecular weight is 284 g/mol. The van der Waals surface area contributed by atoms with Gasteiger partial charge in [-0.1, -0.05) is 42.5 Å². The first kappa shape index (κ1) is 18.0.